The van der Waals surface area contributed by atoms with E-state index in [0.29, 0.717) is 29.2 Å². The second kappa shape index (κ2) is 8.62. The topological polar surface area (TPSA) is 96.0 Å². The molecule has 0 fully saturated rings. The summed E-state index contributed by atoms with van der Waals surface area (Å²) in [5.41, 5.74) is 4.53. The summed E-state index contributed by atoms with van der Waals surface area (Å²) in [6, 6.07) is 8.43. The van der Waals surface area contributed by atoms with Gasteiger partial charge in [0.2, 0.25) is 5.91 Å². The van der Waals surface area contributed by atoms with E-state index in [1.165, 1.54) is 29.7 Å². The molecule has 31 heavy (non-hydrogen) atoms. The van der Waals surface area contributed by atoms with Crippen LogP contribution in [0.5, 0.6) is 0 Å². The number of halogens is 1. The summed E-state index contributed by atoms with van der Waals surface area (Å²) in [4.78, 5) is 22.2. The smallest absolute Gasteiger partial charge is 0.226 e. The van der Waals surface area contributed by atoms with E-state index in [-0.39, 0.29) is 18.1 Å². The number of hydrogen-bond acceptors (Lipinski definition) is 6. The average molecular weight is 435 g/mol. The van der Waals surface area contributed by atoms with Gasteiger partial charge in [0.25, 0.3) is 0 Å². The largest absolute Gasteiger partial charge is 0.302 e. The molecule has 7 nitrogen and oxygen atoms in total. The van der Waals surface area contributed by atoms with Crippen molar-refractivity contribution in [2.75, 3.05) is 5.32 Å². The van der Waals surface area contributed by atoms with Gasteiger partial charge in [-0.25, -0.2) is 18.9 Å². The van der Waals surface area contributed by atoms with E-state index in [9.17, 15) is 14.4 Å². The molecule has 4 rings (SSSR count). The number of aromatic nitrogens is 4. The first-order valence-corrected chi connectivity index (χ1v) is 10.5. The number of rotatable bonds is 6. The number of thiazole rings is 1. The maximum absolute atomic E-state index is 13.0. The SMILES string of the molecule is Cc1nc2c(C#N)cnn2c(C)c1CCC(=O)Nc1ncc(Cc2ccc(F)cc2)s1. The molecular weight excluding hydrogens is 415 g/mol. The molecule has 0 radical (unpaired) electrons. The molecule has 0 aliphatic rings. The Bertz CT molecular complexity index is 1300. The number of anilines is 1. The Morgan fingerprint density at radius 2 is 2.03 bits per heavy atom. The van der Waals surface area contributed by atoms with Crippen LogP contribution in [-0.4, -0.2) is 25.5 Å². The summed E-state index contributed by atoms with van der Waals surface area (Å²) >= 11 is 1.40. The Kier molecular flexibility index (Phi) is 5.73. The number of nitrogens with zero attached hydrogens (tertiary/aromatic N) is 5. The van der Waals surface area contributed by atoms with Gasteiger partial charge in [0.15, 0.2) is 10.8 Å². The van der Waals surface area contributed by atoms with Gasteiger partial charge in [-0.15, -0.1) is 11.3 Å². The number of carbonyl (C=O) groups excluding carboxylic acids is 1. The predicted octanol–water partition coefficient (Wildman–Crippen LogP) is 3.98. The number of fused-ring (bicyclic) bond motifs is 1. The summed E-state index contributed by atoms with van der Waals surface area (Å²) in [7, 11) is 0. The molecule has 1 amide bonds. The van der Waals surface area contributed by atoms with Crippen molar-refractivity contribution in [2.45, 2.75) is 33.1 Å². The van der Waals surface area contributed by atoms with Gasteiger partial charge in [-0.3, -0.25) is 4.79 Å². The van der Waals surface area contributed by atoms with Gasteiger partial charge in [-0.2, -0.15) is 10.4 Å². The van der Waals surface area contributed by atoms with Crippen molar-refractivity contribution >= 4 is 28.0 Å². The summed E-state index contributed by atoms with van der Waals surface area (Å²) in [6.45, 7) is 3.78. The first-order valence-electron chi connectivity index (χ1n) is 9.67. The molecule has 0 aliphatic heterocycles. The van der Waals surface area contributed by atoms with Crippen molar-refractivity contribution in [3.8, 4) is 6.07 Å². The third-order valence-electron chi connectivity index (χ3n) is 5.02. The Balaban J connectivity index is 1.39. The molecule has 0 spiro atoms. The van der Waals surface area contributed by atoms with Crippen LogP contribution in [0.2, 0.25) is 0 Å². The van der Waals surface area contributed by atoms with E-state index in [0.717, 1.165) is 27.4 Å². The fraction of sp³-hybridized carbons (Fsp3) is 0.227. The predicted molar refractivity (Wildman–Crippen MR) is 115 cm³/mol. The second-order valence-corrected chi connectivity index (χ2v) is 8.26. The zero-order chi connectivity index (χ0) is 22.0. The van der Waals surface area contributed by atoms with Crippen molar-refractivity contribution in [3.63, 3.8) is 0 Å². The molecule has 0 atom stereocenters. The van der Waals surface area contributed by atoms with Gasteiger partial charge in [0.05, 0.1) is 6.20 Å². The highest BCUT2D eigenvalue weighted by molar-refractivity contribution is 7.15. The molecule has 4 aromatic rings. The summed E-state index contributed by atoms with van der Waals surface area (Å²) in [5, 5.41) is 16.8. The lowest BCUT2D eigenvalue weighted by molar-refractivity contribution is -0.116. The zero-order valence-electron chi connectivity index (χ0n) is 17.0. The maximum atomic E-state index is 13.0. The van der Waals surface area contributed by atoms with Crippen LogP contribution >= 0.6 is 11.3 Å². The third-order valence-corrected chi connectivity index (χ3v) is 5.94. The summed E-state index contributed by atoms with van der Waals surface area (Å²) < 4.78 is 14.7. The van der Waals surface area contributed by atoms with Crippen LogP contribution in [0.15, 0.2) is 36.7 Å². The molecule has 1 aromatic carbocycles. The number of nitriles is 1. The van der Waals surface area contributed by atoms with Crippen molar-refractivity contribution in [1.29, 1.82) is 5.26 Å². The van der Waals surface area contributed by atoms with Crippen molar-refractivity contribution in [1.82, 2.24) is 19.6 Å². The molecule has 0 unspecified atom stereocenters. The van der Waals surface area contributed by atoms with Crippen molar-refractivity contribution in [2.24, 2.45) is 0 Å². The quantitative estimate of drug-likeness (QED) is 0.495. The molecule has 156 valence electrons. The first kappa shape index (κ1) is 20.6. The van der Waals surface area contributed by atoms with Gasteiger partial charge in [0, 0.05) is 35.3 Å². The van der Waals surface area contributed by atoms with Gasteiger partial charge < -0.3 is 5.32 Å². The Hall–Kier alpha value is -3.64. The number of amides is 1. The highest BCUT2D eigenvalue weighted by atomic mass is 32.1. The third kappa shape index (κ3) is 4.44. The van der Waals surface area contributed by atoms with Crippen LogP contribution in [0, 0.1) is 31.0 Å². The van der Waals surface area contributed by atoms with Crippen molar-refractivity contribution in [3.05, 3.63) is 75.4 Å². The fourth-order valence-electron chi connectivity index (χ4n) is 3.42. The zero-order valence-corrected chi connectivity index (χ0v) is 17.8. The normalized spacial score (nSPS) is 10.9. The van der Waals surface area contributed by atoms with E-state index >= 15 is 0 Å². The molecule has 1 N–H and O–H groups in total. The fourth-order valence-corrected chi connectivity index (χ4v) is 4.29. The average Bonchev–Trinajstić information content (AvgIpc) is 3.36. The molecule has 9 heteroatoms. The highest BCUT2D eigenvalue weighted by Crippen LogP contribution is 2.22. The van der Waals surface area contributed by atoms with E-state index in [1.54, 1.807) is 22.8 Å². The van der Waals surface area contributed by atoms with Gasteiger partial charge in [-0.1, -0.05) is 12.1 Å². The van der Waals surface area contributed by atoms with Gasteiger partial charge in [-0.05, 0) is 43.5 Å². The molecule has 0 aliphatic carbocycles. The summed E-state index contributed by atoms with van der Waals surface area (Å²) in [5.74, 6) is -0.404. The Morgan fingerprint density at radius 3 is 2.77 bits per heavy atom. The number of nitrogens with one attached hydrogen (secondary N) is 1. The van der Waals surface area contributed by atoms with Crippen molar-refractivity contribution < 1.29 is 9.18 Å². The highest BCUT2D eigenvalue weighted by Gasteiger charge is 2.15. The lowest BCUT2D eigenvalue weighted by atomic mass is 10.1. The molecule has 0 saturated carbocycles. The molecule has 3 aromatic heterocycles. The molecule has 0 saturated heterocycles. The van der Waals surface area contributed by atoms with E-state index in [2.05, 4.69) is 26.5 Å². The van der Waals surface area contributed by atoms with Crippen LogP contribution in [0.4, 0.5) is 9.52 Å². The van der Waals surface area contributed by atoms with E-state index in [1.807, 2.05) is 13.8 Å². The number of hydrogen-bond donors (Lipinski definition) is 1. The second-order valence-electron chi connectivity index (χ2n) is 7.15. The van der Waals surface area contributed by atoms with Crippen LogP contribution < -0.4 is 5.32 Å². The van der Waals surface area contributed by atoms with E-state index in [4.69, 9.17) is 0 Å². The molecular formula is C22H19FN6OS. The van der Waals surface area contributed by atoms with Gasteiger partial charge >= 0.3 is 0 Å². The lowest BCUT2D eigenvalue weighted by Gasteiger charge is -2.10. The Morgan fingerprint density at radius 1 is 1.26 bits per heavy atom. The monoisotopic (exact) mass is 434 g/mol. The summed E-state index contributed by atoms with van der Waals surface area (Å²) in [6.07, 6.45) is 4.63. The van der Waals surface area contributed by atoms with Crippen LogP contribution in [0.1, 0.15) is 39.4 Å². The Labute approximate surface area is 182 Å². The van der Waals surface area contributed by atoms with E-state index < -0.39 is 0 Å². The molecule has 0 bridgehead atoms. The number of benzene rings is 1. The van der Waals surface area contributed by atoms with Crippen LogP contribution in [0.3, 0.4) is 0 Å². The minimum absolute atomic E-state index is 0.139. The first-order chi connectivity index (χ1) is 14.9. The molecule has 3 heterocycles. The van der Waals surface area contributed by atoms with Crippen LogP contribution in [-0.2, 0) is 17.6 Å². The minimum atomic E-state index is -0.265. The minimum Gasteiger partial charge on any atom is -0.302 e. The lowest BCUT2D eigenvalue weighted by Crippen LogP contribution is -2.14. The van der Waals surface area contributed by atoms with Gasteiger partial charge in [0.1, 0.15) is 17.4 Å². The number of carbonyl (C=O) groups is 1. The maximum Gasteiger partial charge on any atom is 0.226 e. The van der Waals surface area contributed by atoms with Crippen LogP contribution in [0.25, 0.3) is 5.65 Å². The standard InChI is InChI=1S/C22H19FN6OS/c1-13-19(14(2)29-21(27-13)16(10-24)11-26-29)7-8-20(30)28-22-25-12-18(31-22)9-15-3-5-17(23)6-4-15/h3-6,11-12H,7-9H2,1-2H3,(H,25,28,30). The number of aryl methyl sites for hydroxylation is 2.